The van der Waals surface area contributed by atoms with Crippen molar-refractivity contribution in [3.8, 4) is 5.75 Å². The first-order valence-corrected chi connectivity index (χ1v) is 10.5. The van der Waals surface area contributed by atoms with Gasteiger partial charge in [-0.1, -0.05) is 23.7 Å². The van der Waals surface area contributed by atoms with Gasteiger partial charge in [0.1, 0.15) is 11.8 Å². The maximum absolute atomic E-state index is 12.8. The quantitative estimate of drug-likeness (QED) is 0.786. The predicted molar refractivity (Wildman–Crippen MR) is 109 cm³/mol. The molecule has 2 aromatic rings. The summed E-state index contributed by atoms with van der Waals surface area (Å²) in [4.78, 5) is 12.8. The summed E-state index contributed by atoms with van der Waals surface area (Å²) < 4.78 is 31.3. The molecular formula is C19H23ClN2O4S. The van der Waals surface area contributed by atoms with E-state index in [9.17, 15) is 13.2 Å². The maximum Gasteiger partial charge on any atom is 0.248 e. The number of hydrogen-bond donors (Lipinski definition) is 1. The number of nitrogens with zero attached hydrogens (tertiary/aromatic N) is 1. The number of hydrogen-bond acceptors (Lipinski definition) is 4. The fraction of sp³-hybridized carbons (Fsp3) is 0.316. The monoisotopic (exact) mass is 410 g/mol. The predicted octanol–water partition coefficient (Wildman–Crippen LogP) is 3.76. The highest BCUT2D eigenvalue weighted by molar-refractivity contribution is 7.92. The molecular weight excluding hydrogens is 388 g/mol. The Kier molecular flexibility index (Phi) is 6.38. The standard InChI is InChI=1S/C19H23ClN2O4S/c1-12-6-7-13(2)17(10-12)22(27(5,24)25)14(3)19(23)21-16-11-15(20)8-9-18(16)26-4/h6-11,14H,1-5H3,(H,21,23)/t14-/m0/s1. The third-order valence-corrected chi connectivity index (χ3v) is 5.57. The van der Waals surface area contributed by atoms with Gasteiger partial charge in [-0.05, 0) is 56.2 Å². The summed E-state index contributed by atoms with van der Waals surface area (Å²) >= 11 is 5.99. The smallest absolute Gasteiger partial charge is 0.248 e. The number of aryl methyl sites for hydroxylation is 2. The van der Waals surface area contributed by atoms with Crippen molar-refractivity contribution in [2.45, 2.75) is 26.8 Å². The molecule has 1 amide bonds. The van der Waals surface area contributed by atoms with E-state index in [1.54, 1.807) is 31.2 Å². The van der Waals surface area contributed by atoms with Crippen molar-refractivity contribution in [2.75, 3.05) is 23.0 Å². The molecule has 1 atom stereocenters. The molecule has 1 N–H and O–H groups in total. The van der Waals surface area contributed by atoms with E-state index in [1.165, 1.54) is 14.0 Å². The lowest BCUT2D eigenvalue weighted by Crippen LogP contribution is -2.45. The lowest BCUT2D eigenvalue weighted by Gasteiger charge is -2.30. The molecule has 0 aliphatic carbocycles. The summed E-state index contributed by atoms with van der Waals surface area (Å²) in [5.41, 5.74) is 2.49. The van der Waals surface area contributed by atoms with Crippen molar-refractivity contribution in [1.82, 2.24) is 0 Å². The Balaban J connectivity index is 2.42. The van der Waals surface area contributed by atoms with Gasteiger partial charge in [0.15, 0.2) is 0 Å². The highest BCUT2D eigenvalue weighted by Crippen LogP contribution is 2.30. The average Bonchev–Trinajstić information content (AvgIpc) is 2.57. The van der Waals surface area contributed by atoms with Crippen LogP contribution in [-0.4, -0.2) is 33.7 Å². The first kappa shape index (κ1) is 21.1. The highest BCUT2D eigenvalue weighted by atomic mass is 35.5. The lowest BCUT2D eigenvalue weighted by molar-refractivity contribution is -0.116. The van der Waals surface area contributed by atoms with Gasteiger partial charge in [-0.15, -0.1) is 0 Å². The number of anilines is 2. The molecule has 2 rings (SSSR count). The van der Waals surface area contributed by atoms with E-state index in [0.717, 1.165) is 21.7 Å². The highest BCUT2D eigenvalue weighted by Gasteiger charge is 2.30. The van der Waals surface area contributed by atoms with Gasteiger partial charge in [-0.2, -0.15) is 0 Å². The first-order chi connectivity index (χ1) is 12.5. The van der Waals surface area contributed by atoms with E-state index in [1.807, 2.05) is 19.1 Å². The van der Waals surface area contributed by atoms with Crippen molar-refractivity contribution in [1.29, 1.82) is 0 Å². The Morgan fingerprint density at radius 2 is 1.85 bits per heavy atom. The number of carbonyl (C=O) groups is 1. The number of nitrogens with one attached hydrogen (secondary N) is 1. The molecule has 27 heavy (non-hydrogen) atoms. The summed E-state index contributed by atoms with van der Waals surface area (Å²) in [5, 5.41) is 3.13. The van der Waals surface area contributed by atoms with Crippen LogP contribution in [0, 0.1) is 13.8 Å². The summed E-state index contributed by atoms with van der Waals surface area (Å²) in [6, 6.07) is 9.30. The maximum atomic E-state index is 12.8. The molecule has 6 nitrogen and oxygen atoms in total. The SMILES string of the molecule is COc1ccc(Cl)cc1NC(=O)[C@H](C)N(c1cc(C)ccc1C)S(C)(=O)=O. The van der Waals surface area contributed by atoms with E-state index in [0.29, 0.717) is 22.1 Å². The van der Waals surface area contributed by atoms with Crippen LogP contribution in [0.15, 0.2) is 36.4 Å². The van der Waals surface area contributed by atoms with Crippen molar-refractivity contribution >= 4 is 38.9 Å². The molecule has 0 heterocycles. The summed E-state index contributed by atoms with van der Waals surface area (Å²) in [5.74, 6) is -0.0699. The zero-order valence-electron chi connectivity index (χ0n) is 15.9. The van der Waals surface area contributed by atoms with Gasteiger partial charge in [-0.25, -0.2) is 8.42 Å². The zero-order chi connectivity index (χ0) is 20.4. The molecule has 0 saturated heterocycles. The molecule has 0 spiro atoms. The Morgan fingerprint density at radius 1 is 1.19 bits per heavy atom. The molecule has 0 radical (unpaired) electrons. The minimum absolute atomic E-state index is 0.372. The van der Waals surface area contributed by atoms with Crippen molar-refractivity contribution < 1.29 is 17.9 Å². The number of methoxy groups -OCH3 is 1. The van der Waals surface area contributed by atoms with Gasteiger partial charge >= 0.3 is 0 Å². The van der Waals surface area contributed by atoms with Crippen LogP contribution < -0.4 is 14.4 Å². The zero-order valence-corrected chi connectivity index (χ0v) is 17.5. The van der Waals surface area contributed by atoms with Gasteiger partial charge in [0, 0.05) is 5.02 Å². The van der Waals surface area contributed by atoms with E-state index in [4.69, 9.17) is 16.3 Å². The van der Waals surface area contributed by atoms with Crippen molar-refractivity contribution in [2.24, 2.45) is 0 Å². The van der Waals surface area contributed by atoms with E-state index < -0.39 is 22.0 Å². The molecule has 8 heteroatoms. The van der Waals surface area contributed by atoms with Crippen molar-refractivity contribution in [3.63, 3.8) is 0 Å². The van der Waals surface area contributed by atoms with E-state index in [2.05, 4.69) is 5.32 Å². The van der Waals surface area contributed by atoms with E-state index in [-0.39, 0.29) is 0 Å². The van der Waals surface area contributed by atoms with Crippen LogP contribution in [0.1, 0.15) is 18.1 Å². The molecule has 2 aromatic carbocycles. The minimum Gasteiger partial charge on any atom is -0.495 e. The van der Waals surface area contributed by atoms with Gasteiger partial charge in [0.05, 0.1) is 24.7 Å². The number of sulfonamides is 1. The Bertz CT molecular complexity index is 960. The molecule has 0 bridgehead atoms. The van der Waals surface area contributed by atoms with Crippen molar-refractivity contribution in [3.05, 3.63) is 52.5 Å². The topological polar surface area (TPSA) is 75.7 Å². The van der Waals surface area contributed by atoms with Crippen LogP contribution in [0.3, 0.4) is 0 Å². The van der Waals surface area contributed by atoms with Crippen LogP contribution in [-0.2, 0) is 14.8 Å². The van der Waals surface area contributed by atoms with Crippen LogP contribution in [0.5, 0.6) is 5.75 Å². The second-order valence-corrected chi connectivity index (χ2v) is 8.65. The third-order valence-electron chi connectivity index (χ3n) is 4.11. The minimum atomic E-state index is -3.70. The number of rotatable bonds is 6. The molecule has 0 unspecified atom stereocenters. The number of benzene rings is 2. The summed E-state index contributed by atoms with van der Waals surface area (Å²) in [6.45, 7) is 5.21. The summed E-state index contributed by atoms with van der Waals surface area (Å²) in [7, 11) is -2.23. The van der Waals surface area contributed by atoms with Crippen LogP contribution in [0.25, 0.3) is 0 Å². The first-order valence-electron chi connectivity index (χ1n) is 8.25. The molecule has 0 saturated carbocycles. The normalized spacial score (nSPS) is 12.4. The fourth-order valence-corrected chi connectivity index (χ4v) is 4.15. The number of carbonyl (C=O) groups excluding carboxylic acids is 1. The van der Waals surface area contributed by atoms with Crippen LogP contribution >= 0.6 is 11.6 Å². The van der Waals surface area contributed by atoms with Gasteiger partial charge in [0.25, 0.3) is 0 Å². The Labute approximate surface area is 165 Å². The van der Waals surface area contributed by atoms with Crippen LogP contribution in [0.4, 0.5) is 11.4 Å². The van der Waals surface area contributed by atoms with E-state index >= 15 is 0 Å². The molecule has 146 valence electrons. The Morgan fingerprint density at radius 3 is 2.44 bits per heavy atom. The van der Waals surface area contributed by atoms with Crippen LogP contribution in [0.2, 0.25) is 5.02 Å². The second kappa shape index (κ2) is 8.19. The third kappa shape index (κ3) is 4.93. The second-order valence-electron chi connectivity index (χ2n) is 6.36. The molecule has 0 aliphatic heterocycles. The number of ether oxygens (including phenoxy) is 1. The molecule has 0 aromatic heterocycles. The Hall–Kier alpha value is -2.25. The molecule has 0 fully saturated rings. The average molecular weight is 411 g/mol. The number of halogens is 1. The molecule has 0 aliphatic rings. The van der Waals surface area contributed by atoms with Gasteiger partial charge in [-0.3, -0.25) is 9.10 Å². The fourth-order valence-electron chi connectivity index (χ4n) is 2.75. The largest absolute Gasteiger partial charge is 0.495 e. The summed E-state index contributed by atoms with van der Waals surface area (Å²) in [6.07, 6.45) is 1.08. The lowest BCUT2D eigenvalue weighted by atomic mass is 10.1. The van der Waals surface area contributed by atoms with Gasteiger partial charge < -0.3 is 10.1 Å². The van der Waals surface area contributed by atoms with Gasteiger partial charge in [0.2, 0.25) is 15.9 Å². The number of amides is 1.